The van der Waals surface area contributed by atoms with Gasteiger partial charge in [0.15, 0.2) is 6.29 Å². The van der Waals surface area contributed by atoms with Gasteiger partial charge in [0.25, 0.3) is 0 Å². The Bertz CT molecular complexity index is 1200. The lowest BCUT2D eigenvalue weighted by Gasteiger charge is -2.41. The molecule has 6 N–H and O–H groups in total. The monoisotopic (exact) mass is 860 g/mol. The van der Waals surface area contributed by atoms with Crippen molar-refractivity contribution in [2.75, 3.05) is 13.2 Å². The van der Waals surface area contributed by atoms with Crippen LogP contribution in [0, 0.1) is 0 Å². The minimum Gasteiger partial charge on any atom is -0.394 e. The first-order valence-corrected chi connectivity index (χ1v) is 24.8. The summed E-state index contributed by atoms with van der Waals surface area (Å²) >= 11 is 0. The maximum absolute atomic E-state index is 13.0. The topological polar surface area (TPSA) is 192 Å². The number of hydrogen-bond acceptors (Lipinski definition) is 10. The lowest BCUT2D eigenvalue weighted by atomic mass is 9.99. The summed E-state index contributed by atoms with van der Waals surface area (Å²) in [5.74, 6) is -0.268. The molecule has 1 aliphatic rings. The molecular weight excluding hydrogens is 775 g/mol. The maximum Gasteiger partial charge on any atom is 0.397 e. The van der Waals surface area contributed by atoms with Crippen LogP contribution in [-0.4, -0.2) is 95.4 Å². The van der Waals surface area contributed by atoms with Crippen molar-refractivity contribution in [1.82, 2.24) is 5.32 Å². The van der Waals surface area contributed by atoms with E-state index in [4.69, 9.17) is 9.47 Å². The molecule has 0 radical (unpaired) electrons. The average Bonchev–Trinajstić information content (AvgIpc) is 3.20. The second-order valence-corrected chi connectivity index (χ2v) is 17.4. The van der Waals surface area contributed by atoms with E-state index in [9.17, 15) is 38.2 Å². The Morgan fingerprint density at radius 1 is 0.678 bits per heavy atom. The third-order valence-electron chi connectivity index (χ3n) is 10.9. The third-order valence-corrected chi connectivity index (χ3v) is 11.4. The van der Waals surface area contributed by atoms with Crippen LogP contribution >= 0.6 is 0 Å². The minimum atomic E-state index is -5.08. The molecule has 59 heavy (non-hydrogen) atoms. The molecule has 0 saturated carbocycles. The van der Waals surface area contributed by atoms with Crippen molar-refractivity contribution >= 4 is 16.3 Å². The van der Waals surface area contributed by atoms with Gasteiger partial charge in [-0.05, 0) is 44.9 Å². The van der Waals surface area contributed by atoms with Crippen molar-refractivity contribution in [3.63, 3.8) is 0 Å². The van der Waals surface area contributed by atoms with Gasteiger partial charge >= 0.3 is 10.4 Å². The van der Waals surface area contributed by atoms with Crippen LogP contribution in [0.2, 0.25) is 0 Å². The Morgan fingerprint density at radius 3 is 1.61 bits per heavy atom. The summed E-state index contributed by atoms with van der Waals surface area (Å²) in [6.07, 6.45) is 34.6. The molecule has 7 atom stereocenters. The first-order chi connectivity index (χ1) is 28.5. The van der Waals surface area contributed by atoms with Gasteiger partial charge in [0.05, 0.1) is 25.4 Å². The molecule has 7 unspecified atom stereocenters. The quantitative estimate of drug-likeness (QED) is 0.0150. The molecule has 0 aromatic heterocycles. The summed E-state index contributed by atoms with van der Waals surface area (Å²) < 4.78 is 47.6. The molecule has 0 spiro atoms. The molecule has 1 saturated heterocycles. The summed E-state index contributed by atoms with van der Waals surface area (Å²) in [5.41, 5.74) is 0. The van der Waals surface area contributed by atoms with Crippen LogP contribution in [0.25, 0.3) is 0 Å². The number of carbonyl (C=O) groups excluding carboxylic acids is 1. The second-order valence-electron chi connectivity index (χ2n) is 16.4. The smallest absolute Gasteiger partial charge is 0.394 e. The van der Waals surface area contributed by atoms with Crippen molar-refractivity contribution in [2.24, 2.45) is 0 Å². The van der Waals surface area contributed by atoms with E-state index >= 15 is 0 Å². The molecule has 346 valence electrons. The maximum atomic E-state index is 13.0. The standard InChI is InChI=1S/C46H85NO11S/c1-3-5-7-9-11-13-15-17-18-19-20-21-22-24-26-28-30-32-34-36-42(50)47-39(40(49)35-33-31-29-27-25-23-16-14-12-10-8-6-4-2)38-56-46-44(52)45(58-59(53,54)55)43(51)41(37-48)57-46/h11,13,15,17,33,35,39-41,43-46,48-49,51-52H,3-10,12,14,16,18-32,34,36-38H2,1-2H3,(H,47,50)(H,53,54,55)/b13-11-,17-15-,35-33+. The van der Waals surface area contributed by atoms with Gasteiger partial charge in [0, 0.05) is 6.42 Å². The van der Waals surface area contributed by atoms with Crippen molar-refractivity contribution in [2.45, 2.75) is 236 Å². The Hall–Kier alpha value is -1.68. The van der Waals surface area contributed by atoms with Crippen molar-refractivity contribution < 1.29 is 51.8 Å². The van der Waals surface area contributed by atoms with Gasteiger partial charge in [-0.3, -0.25) is 9.35 Å². The zero-order chi connectivity index (χ0) is 43.4. The van der Waals surface area contributed by atoms with Crippen molar-refractivity contribution in [3.8, 4) is 0 Å². The number of carbonyl (C=O) groups is 1. The molecule has 0 aliphatic carbocycles. The van der Waals surface area contributed by atoms with Gasteiger partial charge < -0.3 is 35.2 Å². The SMILES string of the molecule is CCCCC/C=C\C=C/CCCCCCCCCCCCC(=O)NC(COC1OC(CO)C(O)C(OS(=O)(=O)O)C1O)C(O)/C=C/CCCCCCCCCCCCC. The zero-order valence-electron chi connectivity index (χ0n) is 36.8. The molecule has 1 heterocycles. The number of nitrogens with one attached hydrogen (secondary N) is 1. The van der Waals surface area contributed by atoms with Crippen LogP contribution < -0.4 is 5.32 Å². The van der Waals surface area contributed by atoms with E-state index in [0.29, 0.717) is 6.42 Å². The average molecular weight is 860 g/mol. The molecule has 12 nitrogen and oxygen atoms in total. The molecule has 1 amide bonds. The van der Waals surface area contributed by atoms with E-state index in [1.807, 2.05) is 6.08 Å². The molecular formula is C46H85NO11S. The van der Waals surface area contributed by atoms with Crippen LogP contribution in [0.5, 0.6) is 0 Å². The fourth-order valence-electron chi connectivity index (χ4n) is 7.27. The van der Waals surface area contributed by atoms with Crippen LogP contribution in [0.3, 0.4) is 0 Å². The number of unbranched alkanes of at least 4 members (excludes halogenated alkanes) is 24. The highest BCUT2D eigenvalue weighted by atomic mass is 32.3. The number of amides is 1. The first kappa shape index (κ1) is 55.3. The van der Waals surface area contributed by atoms with E-state index in [1.165, 1.54) is 122 Å². The molecule has 13 heteroatoms. The Kier molecular flexibility index (Phi) is 34.6. The number of hydrogen-bond donors (Lipinski definition) is 6. The van der Waals surface area contributed by atoms with Crippen LogP contribution in [0.1, 0.15) is 194 Å². The lowest BCUT2D eigenvalue weighted by Crippen LogP contribution is -2.61. The number of ether oxygens (including phenoxy) is 2. The predicted octanol–water partition coefficient (Wildman–Crippen LogP) is 9.11. The second kappa shape index (κ2) is 36.9. The number of aliphatic hydroxyl groups excluding tert-OH is 4. The summed E-state index contributed by atoms with van der Waals surface area (Å²) in [5, 5.41) is 44.7. The highest BCUT2D eigenvalue weighted by molar-refractivity contribution is 7.80. The normalized spacial score (nSPS) is 21.2. The third kappa shape index (κ3) is 30.1. The summed E-state index contributed by atoms with van der Waals surface area (Å²) in [4.78, 5) is 13.0. The van der Waals surface area contributed by atoms with E-state index in [-0.39, 0.29) is 18.9 Å². The van der Waals surface area contributed by atoms with Gasteiger partial charge in [-0.1, -0.05) is 179 Å². The van der Waals surface area contributed by atoms with E-state index < -0.39 is 59.9 Å². The molecule has 1 fully saturated rings. The van der Waals surface area contributed by atoms with E-state index in [0.717, 1.165) is 44.9 Å². The van der Waals surface area contributed by atoms with Gasteiger partial charge in [-0.25, -0.2) is 4.18 Å². The van der Waals surface area contributed by atoms with Gasteiger partial charge in [-0.2, -0.15) is 8.42 Å². The lowest BCUT2D eigenvalue weighted by molar-refractivity contribution is -0.298. The predicted molar refractivity (Wildman–Crippen MR) is 236 cm³/mol. The Morgan fingerprint density at radius 2 is 1.12 bits per heavy atom. The first-order valence-electron chi connectivity index (χ1n) is 23.4. The van der Waals surface area contributed by atoms with Gasteiger partial charge in [0.1, 0.15) is 24.4 Å². The van der Waals surface area contributed by atoms with E-state index in [2.05, 4.69) is 47.7 Å². The van der Waals surface area contributed by atoms with E-state index in [1.54, 1.807) is 6.08 Å². The van der Waals surface area contributed by atoms with Crippen LogP contribution in [-0.2, 0) is 28.9 Å². The highest BCUT2D eigenvalue weighted by Gasteiger charge is 2.48. The van der Waals surface area contributed by atoms with Crippen LogP contribution in [0.4, 0.5) is 0 Å². The molecule has 0 aromatic carbocycles. The van der Waals surface area contributed by atoms with Crippen LogP contribution in [0.15, 0.2) is 36.5 Å². The van der Waals surface area contributed by atoms with Gasteiger partial charge in [-0.15, -0.1) is 0 Å². The number of aliphatic hydroxyl groups is 4. The number of rotatable bonds is 39. The molecule has 1 aliphatic heterocycles. The Balaban J connectivity index is 2.50. The van der Waals surface area contributed by atoms with Crippen molar-refractivity contribution in [1.29, 1.82) is 0 Å². The summed E-state index contributed by atoms with van der Waals surface area (Å²) in [6.45, 7) is 3.34. The minimum absolute atomic E-state index is 0.264. The van der Waals surface area contributed by atoms with Gasteiger partial charge in [0.2, 0.25) is 5.91 Å². The molecule has 0 bridgehead atoms. The van der Waals surface area contributed by atoms with Crippen molar-refractivity contribution in [3.05, 3.63) is 36.5 Å². The summed E-state index contributed by atoms with van der Waals surface area (Å²) in [7, 11) is -5.08. The Labute approximate surface area is 358 Å². The highest BCUT2D eigenvalue weighted by Crippen LogP contribution is 2.26. The number of allylic oxidation sites excluding steroid dienone is 5. The largest absolute Gasteiger partial charge is 0.397 e. The fraction of sp³-hybridized carbons (Fsp3) is 0.848. The summed E-state index contributed by atoms with van der Waals surface area (Å²) in [6, 6.07) is -0.944. The molecule has 0 aromatic rings. The zero-order valence-corrected chi connectivity index (χ0v) is 37.6. The fourth-order valence-corrected chi connectivity index (χ4v) is 7.78. The molecule has 1 rings (SSSR count).